The summed E-state index contributed by atoms with van der Waals surface area (Å²) in [7, 11) is 0. The van der Waals surface area contributed by atoms with E-state index in [2.05, 4.69) is 0 Å². The molecule has 2 rings (SSSR count). The van der Waals surface area contributed by atoms with Gasteiger partial charge in [-0.05, 0) is 25.0 Å². The zero-order chi connectivity index (χ0) is 10.7. The lowest BCUT2D eigenvalue weighted by Gasteiger charge is -2.27. The number of aliphatic hydroxyl groups excluding tert-OH is 1. The number of halogens is 1. The third kappa shape index (κ3) is 2.90. The summed E-state index contributed by atoms with van der Waals surface area (Å²) in [5, 5.41) is 11.0. The molecule has 1 saturated carbocycles. The van der Waals surface area contributed by atoms with E-state index >= 15 is 0 Å². The second-order valence-electron chi connectivity index (χ2n) is 3.94. The van der Waals surface area contributed by atoms with Crippen molar-refractivity contribution in [1.82, 2.24) is 0 Å². The molecule has 0 spiro atoms. The van der Waals surface area contributed by atoms with E-state index in [0.29, 0.717) is 5.25 Å². The molecule has 15 heavy (non-hydrogen) atoms. The van der Waals surface area contributed by atoms with Gasteiger partial charge in [0.1, 0.15) is 0 Å². The Kier molecular flexibility index (Phi) is 3.95. The van der Waals surface area contributed by atoms with Gasteiger partial charge in [-0.1, -0.05) is 36.6 Å². The van der Waals surface area contributed by atoms with Crippen LogP contribution in [0.15, 0.2) is 29.2 Å². The molecule has 1 aromatic carbocycles. The summed E-state index contributed by atoms with van der Waals surface area (Å²) >= 11 is 7.81. The van der Waals surface area contributed by atoms with Crippen molar-refractivity contribution in [3.63, 3.8) is 0 Å². The molecule has 0 bridgehead atoms. The monoisotopic (exact) mass is 242 g/mol. The topological polar surface area (TPSA) is 20.2 Å². The van der Waals surface area contributed by atoms with Gasteiger partial charge in [0.25, 0.3) is 0 Å². The first-order chi connectivity index (χ1) is 7.27. The van der Waals surface area contributed by atoms with Crippen molar-refractivity contribution in [1.29, 1.82) is 0 Å². The maximum atomic E-state index is 9.86. The van der Waals surface area contributed by atoms with E-state index in [1.54, 1.807) is 11.8 Å². The predicted octanol–water partition coefficient (Wildman–Crippen LogP) is 3.74. The van der Waals surface area contributed by atoms with Gasteiger partial charge in [-0.2, -0.15) is 0 Å². The Bertz CT molecular complexity index is 329. The highest BCUT2D eigenvalue weighted by molar-refractivity contribution is 8.00. The number of thioether (sulfide) groups is 1. The average Bonchev–Trinajstić information content (AvgIpc) is 2.24. The largest absolute Gasteiger partial charge is 0.392 e. The van der Waals surface area contributed by atoms with Crippen molar-refractivity contribution in [2.45, 2.75) is 41.9 Å². The van der Waals surface area contributed by atoms with Gasteiger partial charge in [0, 0.05) is 10.1 Å². The Hall–Kier alpha value is -0.180. The summed E-state index contributed by atoms with van der Waals surface area (Å²) in [5.74, 6) is 0. The minimum Gasteiger partial charge on any atom is -0.392 e. The van der Waals surface area contributed by atoms with Crippen LogP contribution >= 0.6 is 23.4 Å². The Morgan fingerprint density at radius 2 is 1.93 bits per heavy atom. The maximum Gasteiger partial charge on any atom is 0.0662 e. The summed E-state index contributed by atoms with van der Waals surface area (Å²) < 4.78 is 0. The maximum absolute atomic E-state index is 9.86. The van der Waals surface area contributed by atoms with Crippen molar-refractivity contribution in [2.24, 2.45) is 0 Å². The molecule has 0 amide bonds. The van der Waals surface area contributed by atoms with E-state index < -0.39 is 0 Å². The Morgan fingerprint density at radius 3 is 2.67 bits per heavy atom. The van der Waals surface area contributed by atoms with Crippen molar-refractivity contribution in [2.75, 3.05) is 0 Å². The molecular weight excluding hydrogens is 228 g/mol. The smallest absolute Gasteiger partial charge is 0.0662 e. The molecule has 1 aromatic rings. The van der Waals surface area contributed by atoms with Crippen LogP contribution < -0.4 is 0 Å². The molecule has 1 N–H and O–H groups in total. The first-order valence-electron chi connectivity index (χ1n) is 5.36. The molecule has 0 aliphatic heterocycles. The molecule has 0 radical (unpaired) electrons. The van der Waals surface area contributed by atoms with Crippen molar-refractivity contribution in [3.05, 3.63) is 29.3 Å². The van der Waals surface area contributed by atoms with Gasteiger partial charge in [-0.15, -0.1) is 11.8 Å². The summed E-state index contributed by atoms with van der Waals surface area (Å²) in [6.45, 7) is 0. The van der Waals surface area contributed by atoms with Crippen LogP contribution in [0.2, 0.25) is 5.02 Å². The molecule has 3 heteroatoms. The number of rotatable bonds is 2. The Balaban J connectivity index is 2.04. The molecule has 0 saturated heterocycles. The average molecular weight is 243 g/mol. The second kappa shape index (κ2) is 5.24. The molecule has 82 valence electrons. The second-order valence-corrected chi connectivity index (χ2v) is 5.63. The SMILES string of the molecule is O[C@@H]1CCCC[C@H]1Sc1ccccc1Cl. The summed E-state index contributed by atoms with van der Waals surface area (Å²) in [6, 6.07) is 7.85. The number of hydrogen-bond acceptors (Lipinski definition) is 2. The van der Waals surface area contributed by atoms with Crippen LogP contribution in [0.25, 0.3) is 0 Å². The number of hydrogen-bond donors (Lipinski definition) is 1. The molecule has 1 aliphatic rings. The molecule has 0 aromatic heterocycles. The third-order valence-corrected chi connectivity index (χ3v) is 4.69. The first kappa shape index (κ1) is 11.3. The van der Waals surface area contributed by atoms with E-state index in [9.17, 15) is 5.11 Å². The summed E-state index contributed by atoms with van der Waals surface area (Å²) in [4.78, 5) is 1.09. The quantitative estimate of drug-likeness (QED) is 0.853. The lowest BCUT2D eigenvalue weighted by Crippen LogP contribution is -2.26. The van der Waals surface area contributed by atoms with Gasteiger partial charge in [-0.3, -0.25) is 0 Å². The molecule has 1 nitrogen and oxygen atoms in total. The van der Waals surface area contributed by atoms with Gasteiger partial charge in [0.05, 0.1) is 11.1 Å². The van der Waals surface area contributed by atoms with E-state index in [0.717, 1.165) is 29.2 Å². The van der Waals surface area contributed by atoms with Gasteiger partial charge in [0.2, 0.25) is 0 Å². The van der Waals surface area contributed by atoms with Crippen LogP contribution in [0.3, 0.4) is 0 Å². The zero-order valence-electron chi connectivity index (χ0n) is 8.53. The van der Waals surface area contributed by atoms with Crippen LogP contribution in [0, 0.1) is 0 Å². The Morgan fingerprint density at radius 1 is 1.20 bits per heavy atom. The fraction of sp³-hybridized carbons (Fsp3) is 0.500. The van der Waals surface area contributed by atoms with E-state index in [-0.39, 0.29) is 6.10 Å². The van der Waals surface area contributed by atoms with Crippen LogP contribution in [0.4, 0.5) is 0 Å². The van der Waals surface area contributed by atoms with Gasteiger partial charge in [0.15, 0.2) is 0 Å². The van der Waals surface area contributed by atoms with Crippen molar-refractivity contribution in [3.8, 4) is 0 Å². The highest BCUT2D eigenvalue weighted by atomic mass is 35.5. The van der Waals surface area contributed by atoms with Gasteiger partial charge < -0.3 is 5.11 Å². The number of aliphatic hydroxyl groups is 1. The predicted molar refractivity (Wildman–Crippen MR) is 65.6 cm³/mol. The summed E-state index contributed by atoms with van der Waals surface area (Å²) in [6.07, 6.45) is 4.24. The first-order valence-corrected chi connectivity index (χ1v) is 6.62. The van der Waals surface area contributed by atoms with E-state index in [4.69, 9.17) is 11.6 Å². The Labute approximate surface area is 99.8 Å². The molecule has 1 aliphatic carbocycles. The number of benzene rings is 1. The lowest BCUT2D eigenvalue weighted by molar-refractivity contribution is 0.137. The minimum atomic E-state index is -0.167. The van der Waals surface area contributed by atoms with E-state index in [1.807, 2.05) is 24.3 Å². The van der Waals surface area contributed by atoms with Crippen molar-refractivity contribution < 1.29 is 5.11 Å². The van der Waals surface area contributed by atoms with Crippen molar-refractivity contribution >= 4 is 23.4 Å². The van der Waals surface area contributed by atoms with Gasteiger partial charge in [-0.25, -0.2) is 0 Å². The lowest BCUT2D eigenvalue weighted by atomic mass is 9.97. The highest BCUT2D eigenvalue weighted by Crippen LogP contribution is 2.36. The summed E-state index contributed by atoms with van der Waals surface area (Å²) in [5.41, 5.74) is 0. The molecular formula is C12H15ClOS. The fourth-order valence-electron chi connectivity index (χ4n) is 1.92. The molecule has 0 heterocycles. The van der Waals surface area contributed by atoms with Gasteiger partial charge >= 0.3 is 0 Å². The molecule has 1 fully saturated rings. The van der Waals surface area contributed by atoms with E-state index in [1.165, 1.54) is 6.42 Å². The van der Waals surface area contributed by atoms with Crippen LogP contribution in [0.5, 0.6) is 0 Å². The normalized spacial score (nSPS) is 26.5. The highest BCUT2D eigenvalue weighted by Gasteiger charge is 2.24. The zero-order valence-corrected chi connectivity index (χ0v) is 10.1. The van der Waals surface area contributed by atoms with Crippen LogP contribution in [-0.4, -0.2) is 16.5 Å². The third-order valence-electron chi connectivity index (χ3n) is 2.78. The molecule has 0 unspecified atom stereocenters. The molecule has 2 atom stereocenters. The standard InChI is InChI=1S/C12H15ClOS/c13-9-5-1-3-7-11(9)15-12-8-4-2-6-10(12)14/h1,3,5,7,10,12,14H,2,4,6,8H2/t10-,12-/m1/s1. The van der Waals surface area contributed by atoms with Crippen LogP contribution in [-0.2, 0) is 0 Å². The van der Waals surface area contributed by atoms with Crippen LogP contribution in [0.1, 0.15) is 25.7 Å². The fourth-order valence-corrected chi connectivity index (χ4v) is 3.43. The minimum absolute atomic E-state index is 0.167.